The minimum absolute atomic E-state index is 0.160. The van der Waals surface area contributed by atoms with Crippen LogP contribution in [0.1, 0.15) is 21.8 Å². The molecule has 0 fully saturated rings. The molecule has 0 saturated heterocycles. The van der Waals surface area contributed by atoms with Gasteiger partial charge >= 0.3 is 0 Å². The van der Waals surface area contributed by atoms with E-state index in [1.54, 1.807) is 17.4 Å². The fourth-order valence-corrected chi connectivity index (χ4v) is 3.68. The Morgan fingerprint density at radius 1 is 1.11 bits per heavy atom. The lowest BCUT2D eigenvalue weighted by Gasteiger charge is -2.18. The maximum absolute atomic E-state index is 12.1. The van der Waals surface area contributed by atoms with Gasteiger partial charge in [-0.25, -0.2) is 4.98 Å². The number of thiazole rings is 1. The van der Waals surface area contributed by atoms with E-state index >= 15 is 0 Å². The molecule has 1 aromatic heterocycles. The van der Waals surface area contributed by atoms with Gasteiger partial charge in [-0.05, 0) is 29.3 Å². The number of amides is 1. The number of hydrogen-bond donors (Lipinski definition) is 1. The number of fused-ring (bicyclic) bond motifs is 1. The first-order valence-corrected chi connectivity index (χ1v) is 9.97. The molecule has 28 heavy (non-hydrogen) atoms. The van der Waals surface area contributed by atoms with E-state index in [1.807, 2.05) is 41.8 Å². The van der Waals surface area contributed by atoms with Crippen LogP contribution in [0.25, 0.3) is 6.08 Å². The minimum atomic E-state index is -0.160. The van der Waals surface area contributed by atoms with Crippen molar-refractivity contribution in [3.63, 3.8) is 0 Å². The highest BCUT2D eigenvalue weighted by Gasteiger charge is 2.11. The highest BCUT2D eigenvalue weighted by atomic mass is 32.1. The molecule has 142 valence electrons. The van der Waals surface area contributed by atoms with E-state index < -0.39 is 0 Å². The van der Waals surface area contributed by atoms with Crippen LogP contribution in [0.5, 0.6) is 11.5 Å². The molecule has 0 atom stereocenters. The first kappa shape index (κ1) is 18.3. The van der Waals surface area contributed by atoms with Crippen molar-refractivity contribution in [1.29, 1.82) is 0 Å². The van der Waals surface area contributed by atoms with E-state index in [0.29, 0.717) is 25.5 Å². The summed E-state index contributed by atoms with van der Waals surface area (Å²) in [5.41, 5.74) is 2.99. The van der Waals surface area contributed by atoms with Gasteiger partial charge < -0.3 is 14.8 Å². The van der Waals surface area contributed by atoms with Crippen LogP contribution in [-0.4, -0.2) is 24.1 Å². The van der Waals surface area contributed by atoms with Gasteiger partial charge in [0.25, 0.3) is 0 Å². The molecule has 1 N–H and O–H groups in total. The van der Waals surface area contributed by atoms with E-state index in [0.717, 1.165) is 28.4 Å². The number of nitrogens with one attached hydrogen (secondary N) is 1. The Kier molecular flexibility index (Phi) is 5.68. The summed E-state index contributed by atoms with van der Waals surface area (Å²) < 4.78 is 11.1. The lowest BCUT2D eigenvalue weighted by Crippen LogP contribution is -2.20. The van der Waals surface area contributed by atoms with Crippen molar-refractivity contribution in [3.8, 4) is 11.5 Å². The standard InChI is InChI=1S/C22H20N2O3S/c25-21(9-7-17-6-8-19-20(12-17)27-11-10-26-19)23-14-18-15-28-22(24-18)13-16-4-2-1-3-5-16/h1-9,12,15H,10-11,13-14H2,(H,23,25)/b9-7-. The number of aromatic nitrogens is 1. The summed E-state index contributed by atoms with van der Waals surface area (Å²) in [5.74, 6) is 1.29. The second-order valence-corrected chi connectivity index (χ2v) is 7.29. The smallest absolute Gasteiger partial charge is 0.244 e. The average molecular weight is 392 g/mol. The molecule has 1 amide bonds. The predicted octanol–water partition coefficient (Wildman–Crippen LogP) is 3.83. The summed E-state index contributed by atoms with van der Waals surface area (Å²) in [7, 11) is 0. The highest BCUT2D eigenvalue weighted by molar-refractivity contribution is 7.09. The van der Waals surface area contributed by atoms with Gasteiger partial charge in [0.05, 0.1) is 17.2 Å². The first-order valence-electron chi connectivity index (χ1n) is 9.09. The number of benzene rings is 2. The molecule has 6 heteroatoms. The van der Waals surface area contributed by atoms with Gasteiger partial charge in [-0.2, -0.15) is 0 Å². The molecular formula is C22H20N2O3S. The normalized spacial score (nSPS) is 12.9. The van der Waals surface area contributed by atoms with Crippen LogP contribution >= 0.6 is 11.3 Å². The summed E-state index contributed by atoms with van der Waals surface area (Å²) >= 11 is 1.61. The molecule has 3 aromatic rings. The Morgan fingerprint density at radius 3 is 2.79 bits per heavy atom. The van der Waals surface area contributed by atoms with Crippen molar-refractivity contribution >= 4 is 23.3 Å². The Labute approximate surface area is 167 Å². The molecule has 4 rings (SSSR count). The molecule has 0 spiro atoms. The number of nitrogens with zero attached hydrogens (tertiary/aromatic N) is 1. The Bertz CT molecular complexity index is 982. The molecule has 5 nitrogen and oxygen atoms in total. The molecule has 1 aliphatic rings. The topological polar surface area (TPSA) is 60.5 Å². The number of rotatable bonds is 6. The summed E-state index contributed by atoms with van der Waals surface area (Å²) in [6, 6.07) is 15.9. The van der Waals surface area contributed by atoms with Gasteiger partial charge in [0.15, 0.2) is 11.5 Å². The van der Waals surface area contributed by atoms with Crippen molar-refractivity contribution in [2.75, 3.05) is 13.2 Å². The molecule has 2 heterocycles. The minimum Gasteiger partial charge on any atom is -0.486 e. The van der Waals surface area contributed by atoms with Gasteiger partial charge in [0.1, 0.15) is 13.2 Å². The van der Waals surface area contributed by atoms with Crippen LogP contribution in [0.2, 0.25) is 0 Å². The maximum atomic E-state index is 12.1. The number of ether oxygens (including phenoxy) is 2. The molecular weight excluding hydrogens is 372 g/mol. The van der Waals surface area contributed by atoms with Gasteiger partial charge in [0, 0.05) is 17.9 Å². The second kappa shape index (κ2) is 8.71. The van der Waals surface area contributed by atoms with Crippen LogP contribution < -0.4 is 14.8 Å². The van der Waals surface area contributed by atoms with Crippen molar-refractivity contribution in [2.45, 2.75) is 13.0 Å². The third-order valence-electron chi connectivity index (χ3n) is 4.23. The maximum Gasteiger partial charge on any atom is 0.244 e. The molecule has 0 saturated carbocycles. The molecule has 0 aliphatic carbocycles. The van der Waals surface area contributed by atoms with Crippen molar-refractivity contribution in [1.82, 2.24) is 10.3 Å². The van der Waals surface area contributed by atoms with Gasteiger partial charge in [-0.1, -0.05) is 36.4 Å². The quantitative estimate of drug-likeness (QED) is 0.648. The number of carbonyl (C=O) groups excluding carboxylic acids is 1. The molecule has 0 bridgehead atoms. The van der Waals surface area contributed by atoms with Crippen molar-refractivity contribution in [2.24, 2.45) is 0 Å². The van der Waals surface area contributed by atoms with E-state index in [1.165, 1.54) is 11.6 Å². The zero-order chi connectivity index (χ0) is 19.2. The van der Waals surface area contributed by atoms with Crippen LogP contribution in [0, 0.1) is 0 Å². The highest BCUT2D eigenvalue weighted by Crippen LogP contribution is 2.31. The fourth-order valence-electron chi connectivity index (χ4n) is 2.85. The molecule has 1 aliphatic heterocycles. The zero-order valence-electron chi connectivity index (χ0n) is 15.3. The molecule has 0 radical (unpaired) electrons. The van der Waals surface area contributed by atoms with Crippen LogP contribution in [0.4, 0.5) is 0 Å². The predicted molar refractivity (Wildman–Crippen MR) is 110 cm³/mol. The lowest BCUT2D eigenvalue weighted by molar-refractivity contribution is -0.116. The number of carbonyl (C=O) groups is 1. The molecule has 2 aromatic carbocycles. The number of hydrogen-bond acceptors (Lipinski definition) is 5. The van der Waals surface area contributed by atoms with E-state index in [4.69, 9.17) is 9.47 Å². The van der Waals surface area contributed by atoms with Crippen molar-refractivity contribution < 1.29 is 14.3 Å². The van der Waals surface area contributed by atoms with Gasteiger partial charge in [0.2, 0.25) is 5.91 Å². The second-order valence-electron chi connectivity index (χ2n) is 6.35. The summed E-state index contributed by atoms with van der Waals surface area (Å²) in [4.78, 5) is 16.7. The summed E-state index contributed by atoms with van der Waals surface area (Å²) in [6.07, 6.45) is 4.08. The Balaban J connectivity index is 1.29. The summed E-state index contributed by atoms with van der Waals surface area (Å²) in [5, 5.41) is 5.90. The third kappa shape index (κ3) is 4.78. The largest absolute Gasteiger partial charge is 0.486 e. The van der Waals surface area contributed by atoms with Crippen LogP contribution in [-0.2, 0) is 17.8 Å². The SMILES string of the molecule is O=C(/C=C\c1ccc2c(c1)OCCO2)NCc1csc(Cc2ccccc2)n1. The Hall–Kier alpha value is -3.12. The monoisotopic (exact) mass is 392 g/mol. The fraction of sp³-hybridized carbons (Fsp3) is 0.182. The van der Waals surface area contributed by atoms with E-state index in [-0.39, 0.29) is 5.91 Å². The Morgan fingerprint density at radius 2 is 1.93 bits per heavy atom. The first-order chi connectivity index (χ1) is 13.8. The molecule has 0 unspecified atom stereocenters. The van der Waals surface area contributed by atoms with Crippen molar-refractivity contribution in [3.05, 3.63) is 81.8 Å². The van der Waals surface area contributed by atoms with Gasteiger partial charge in [-0.3, -0.25) is 4.79 Å². The summed E-state index contributed by atoms with van der Waals surface area (Å²) in [6.45, 7) is 1.52. The van der Waals surface area contributed by atoms with Crippen LogP contribution in [0.15, 0.2) is 60.0 Å². The van der Waals surface area contributed by atoms with E-state index in [9.17, 15) is 4.79 Å². The van der Waals surface area contributed by atoms with E-state index in [2.05, 4.69) is 22.4 Å². The zero-order valence-corrected chi connectivity index (χ0v) is 16.1. The van der Waals surface area contributed by atoms with Crippen LogP contribution in [0.3, 0.4) is 0 Å². The third-order valence-corrected chi connectivity index (χ3v) is 5.13. The lowest BCUT2D eigenvalue weighted by atomic mass is 10.2. The average Bonchev–Trinajstić information content (AvgIpc) is 3.18. The van der Waals surface area contributed by atoms with Gasteiger partial charge in [-0.15, -0.1) is 11.3 Å².